The van der Waals surface area contributed by atoms with Gasteiger partial charge in [-0.3, -0.25) is 0 Å². The molecule has 0 unspecified atom stereocenters. The minimum atomic E-state index is 0.510. The van der Waals surface area contributed by atoms with Crippen LogP contribution < -0.4 is 10.2 Å². The molecule has 0 aliphatic carbocycles. The zero-order chi connectivity index (χ0) is 10.7. The van der Waals surface area contributed by atoms with E-state index in [1.807, 2.05) is 7.05 Å². The first-order valence-electron chi connectivity index (χ1n) is 5.20. The smallest absolute Gasteiger partial charge is 0.226 e. The average molecular weight is 227 g/mol. The molecule has 15 heavy (non-hydrogen) atoms. The van der Waals surface area contributed by atoms with E-state index in [4.69, 9.17) is 11.6 Å². The van der Waals surface area contributed by atoms with Crippen molar-refractivity contribution in [3.8, 4) is 0 Å². The second kappa shape index (κ2) is 4.77. The van der Waals surface area contributed by atoms with Gasteiger partial charge in [-0.25, -0.2) is 9.97 Å². The molecule has 1 aliphatic heterocycles. The quantitative estimate of drug-likeness (QED) is 0.773. The highest BCUT2D eigenvalue weighted by Crippen LogP contribution is 2.16. The molecule has 0 aromatic carbocycles. The van der Waals surface area contributed by atoms with Crippen molar-refractivity contribution >= 4 is 17.5 Å². The number of piperidine rings is 1. The summed E-state index contributed by atoms with van der Waals surface area (Å²) in [7, 11) is 2.01. The highest BCUT2D eigenvalue weighted by Gasteiger charge is 2.19. The van der Waals surface area contributed by atoms with Crippen molar-refractivity contribution in [2.24, 2.45) is 0 Å². The number of nitrogens with zero attached hydrogens (tertiary/aromatic N) is 3. The highest BCUT2D eigenvalue weighted by atomic mass is 35.5. The van der Waals surface area contributed by atoms with Crippen LogP contribution in [0.15, 0.2) is 12.3 Å². The number of hydrogen-bond acceptors (Lipinski definition) is 4. The minimum absolute atomic E-state index is 0.510. The molecule has 0 saturated carbocycles. The van der Waals surface area contributed by atoms with Crippen molar-refractivity contribution in [1.29, 1.82) is 0 Å². The van der Waals surface area contributed by atoms with Crippen molar-refractivity contribution in [3.63, 3.8) is 0 Å². The Hall–Kier alpha value is -0.870. The van der Waals surface area contributed by atoms with Crippen LogP contribution in [-0.4, -0.2) is 36.1 Å². The van der Waals surface area contributed by atoms with Crippen molar-refractivity contribution in [2.45, 2.75) is 18.9 Å². The van der Waals surface area contributed by atoms with E-state index in [1.54, 1.807) is 12.3 Å². The molecule has 1 aromatic rings. The number of rotatable bonds is 2. The van der Waals surface area contributed by atoms with Crippen LogP contribution in [0.2, 0.25) is 5.15 Å². The minimum Gasteiger partial charge on any atom is -0.341 e. The number of anilines is 1. The fraction of sp³-hybridized carbons (Fsp3) is 0.600. The monoisotopic (exact) mass is 226 g/mol. The van der Waals surface area contributed by atoms with Crippen molar-refractivity contribution < 1.29 is 0 Å². The lowest BCUT2D eigenvalue weighted by Crippen LogP contribution is -2.41. The third-order valence-corrected chi connectivity index (χ3v) is 3.01. The maximum Gasteiger partial charge on any atom is 0.226 e. The Morgan fingerprint density at radius 3 is 2.80 bits per heavy atom. The molecule has 4 nitrogen and oxygen atoms in total. The van der Waals surface area contributed by atoms with Crippen LogP contribution in [0.1, 0.15) is 12.8 Å². The van der Waals surface area contributed by atoms with Crippen LogP contribution >= 0.6 is 11.6 Å². The maximum absolute atomic E-state index is 5.83. The van der Waals surface area contributed by atoms with Crippen LogP contribution in [0.25, 0.3) is 0 Å². The topological polar surface area (TPSA) is 41.0 Å². The largest absolute Gasteiger partial charge is 0.341 e. The number of nitrogens with one attached hydrogen (secondary N) is 1. The normalized spacial score (nSPS) is 18.1. The first-order valence-corrected chi connectivity index (χ1v) is 5.58. The van der Waals surface area contributed by atoms with Gasteiger partial charge in [0.15, 0.2) is 0 Å². The van der Waals surface area contributed by atoms with E-state index in [-0.39, 0.29) is 0 Å². The van der Waals surface area contributed by atoms with E-state index >= 15 is 0 Å². The third-order valence-electron chi connectivity index (χ3n) is 2.79. The van der Waals surface area contributed by atoms with Crippen LogP contribution in [0.5, 0.6) is 0 Å². The fourth-order valence-corrected chi connectivity index (χ4v) is 1.98. The summed E-state index contributed by atoms with van der Waals surface area (Å²) in [5.74, 6) is 0.747. The SMILES string of the molecule is CNC1CCN(c2nccc(Cl)n2)CC1. The lowest BCUT2D eigenvalue weighted by molar-refractivity contribution is 0.439. The lowest BCUT2D eigenvalue weighted by Gasteiger charge is -2.31. The van der Waals surface area contributed by atoms with E-state index in [1.165, 1.54) is 0 Å². The summed E-state index contributed by atoms with van der Waals surface area (Å²) in [6, 6.07) is 2.33. The summed E-state index contributed by atoms with van der Waals surface area (Å²) >= 11 is 5.83. The molecule has 2 rings (SSSR count). The Morgan fingerprint density at radius 2 is 2.20 bits per heavy atom. The standard InChI is InChI=1S/C10H15ClN4/c1-12-8-3-6-15(7-4-8)10-13-5-2-9(11)14-10/h2,5,8,12H,3-4,6-7H2,1H3. The van der Waals surface area contributed by atoms with E-state index in [0.717, 1.165) is 31.9 Å². The Kier molecular flexibility index (Phi) is 3.38. The van der Waals surface area contributed by atoms with Gasteiger partial charge in [0.25, 0.3) is 0 Å². The number of aromatic nitrogens is 2. The molecule has 82 valence electrons. The summed E-state index contributed by atoms with van der Waals surface area (Å²) in [5.41, 5.74) is 0. The molecule has 2 heterocycles. The molecule has 1 fully saturated rings. The van der Waals surface area contributed by atoms with Crippen molar-refractivity contribution in [2.75, 3.05) is 25.0 Å². The molecule has 0 bridgehead atoms. The molecule has 0 amide bonds. The van der Waals surface area contributed by atoms with Gasteiger partial charge in [0, 0.05) is 25.3 Å². The Labute approximate surface area is 94.7 Å². The van der Waals surface area contributed by atoms with E-state index in [2.05, 4.69) is 20.2 Å². The van der Waals surface area contributed by atoms with E-state index in [9.17, 15) is 0 Å². The molecule has 0 atom stereocenters. The lowest BCUT2D eigenvalue weighted by atomic mass is 10.1. The zero-order valence-corrected chi connectivity index (χ0v) is 9.54. The average Bonchev–Trinajstić information content (AvgIpc) is 2.29. The molecule has 1 aliphatic rings. The molecule has 1 saturated heterocycles. The molecule has 1 aromatic heterocycles. The summed E-state index contributed by atoms with van der Waals surface area (Å²) in [6.07, 6.45) is 3.97. The predicted molar refractivity (Wildman–Crippen MR) is 61.3 cm³/mol. The van der Waals surface area contributed by atoms with Crippen molar-refractivity contribution in [1.82, 2.24) is 15.3 Å². The molecule has 0 radical (unpaired) electrons. The van der Waals surface area contributed by atoms with Gasteiger partial charge in [-0.1, -0.05) is 11.6 Å². The van der Waals surface area contributed by atoms with E-state index < -0.39 is 0 Å². The number of hydrogen-bond donors (Lipinski definition) is 1. The first-order chi connectivity index (χ1) is 7.29. The van der Waals surface area contributed by atoms with Gasteiger partial charge in [0.1, 0.15) is 5.15 Å². The van der Waals surface area contributed by atoms with Crippen molar-refractivity contribution in [3.05, 3.63) is 17.4 Å². The van der Waals surface area contributed by atoms with Crippen LogP contribution in [0, 0.1) is 0 Å². The molecule has 1 N–H and O–H groups in total. The predicted octanol–water partition coefficient (Wildman–Crippen LogP) is 1.32. The van der Waals surface area contributed by atoms with Crippen LogP contribution in [-0.2, 0) is 0 Å². The summed E-state index contributed by atoms with van der Waals surface area (Å²) in [6.45, 7) is 1.98. The third kappa shape index (κ3) is 2.58. The molecular weight excluding hydrogens is 212 g/mol. The highest BCUT2D eigenvalue weighted by molar-refractivity contribution is 6.29. The van der Waals surface area contributed by atoms with Gasteiger partial charge in [-0.05, 0) is 26.0 Å². The van der Waals surface area contributed by atoms with Gasteiger partial charge in [0.2, 0.25) is 5.95 Å². The molecule has 0 spiro atoms. The Bertz CT molecular complexity index is 323. The zero-order valence-electron chi connectivity index (χ0n) is 8.78. The molecule has 5 heteroatoms. The summed E-state index contributed by atoms with van der Waals surface area (Å²) < 4.78 is 0. The van der Waals surface area contributed by atoms with Crippen LogP contribution in [0.4, 0.5) is 5.95 Å². The first kappa shape index (κ1) is 10.6. The Morgan fingerprint density at radius 1 is 1.47 bits per heavy atom. The van der Waals surface area contributed by atoms with Gasteiger partial charge in [-0.15, -0.1) is 0 Å². The second-order valence-electron chi connectivity index (χ2n) is 3.73. The second-order valence-corrected chi connectivity index (χ2v) is 4.12. The maximum atomic E-state index is 5.83. The van der Waals surface area contributed by atoms with E-state index in [0.29, 0.717) is 11.2 Å². The Balaban J connectivity index is 2.01. The molecular formula is C10H15ClN4. The fourth-order valence-electron chi connectivity index (χ4n) is 1.85. The van der Waals surface area contributed by atoms with Gasteiger partial charge < -0.3 is 10.2 Å². The summed E-state index contributed by atoms with van der Waals surface area (Å²) in [5, 5.41) is 3.80. The van der Waals surface area contributed by atoms with Gasteiger partial charge >= 0.3 is 0 Å². The van der Waals surface area contributed by atoms with Gasteiger partial charge in [0.05, 0.1) is 0 Å². The van der Waals surface area contributed by atoms with Gasteiger partial charge in [-0.2, -0.15) is 0 Å². The summed E-state index contributed by atoms with van der Waals surface area (Å²) in [4.78, 5) is 10.6. The van der Waals surface area contributed by atoms with Crippen LogP contribution in [0.3, 0.4) is 0 Å². The number of halogens is 1.